The van der Waals surface area contributed by atoms with Gasteiger partial charge in [-0.05, 0) is 94.0 Å². The van der Waals surface area contributed by atoms with Crippen LogP contribution in [0.3, 0.4) is 0 Å². The van der Waals surface area contributed by atoms with Gasteiger partial charge < -0.3 is 20.1 Å². The van der Waals surface area contributed by atoms with Crippen LogP contribution in [0.15, 0.2) is 30.3 Å². The van der Waals surface area contributed by atoms with Gasteiger partial charge in [0.2, 0.25) is 0 Å². The molecule has 8 nitrogen and oxygen atoms in total. The van der Waals surface area contributed by atoms with Gasteiger partial charge in [-0.3, -0.25) is 4.90 Å². The number of alkyl halides is 3. The standard InChI is InChI=1S/C42H45F5N6O2/c1-3-26-20-48-39-34-31(14-12-25-19-32(25)49-26)50-36(29-8-5-7-23-11-13-30(43)28(4-2)33(23)29)35(44)37(34)51-40(52-39)55-22-41-16-6-18-53(41)27(15-17-41)21-54-38(24-9-10-24)42(45,46)47/h2,5,7-8,11,13,24-27,32,38,49H,3,6,9-10,12,14-22H2,1H3,(H,48,51,52)/t25-,26+,27-,32-,38?,41-/m0/s1. The Balaban J connectivity index is 1.09. The normalized spacial score (nSPS) is 27.2. The third-order valence-electron chi connectivity index (χ3n) is 12.7. The number of pyridine rings is 1. The minimum atomic E-state index is -4.38. The molecule has 2 aromatic heterocycles. The number of fused-ring (bicyclic) bond motifs is 3. The zero-order valence-corrected chi connectivity index (χ0v) is 30.8. The van der Waals surface area contributed by atoms with Gasteiger partial charge >= 0.3 is 12.2 Å². The lowest BCUT2D eigenvalue weighted by Crippen LogP contribution is -2.48. The molecule has 4 fully saturated rings. The van der Waals surface area contributed by atoms with Gasteiger partial charge in [-0.25, -0.2) is 13.8 Å². The van der Waals surface area contributed by atoms with Crippen LogP contribution in [-0.4, -0.2) is 82.1 Å². The van der Waals surface area contributed by atoms with E-state index in [1.165, 1.54) is 6.07 Å². The van der Waals surface area contributed by atoms with Crippen LogP contribution in [0.4, 0.5) is 27.8 Å². The monoisotopic (exact) mass is 760 g/mol. The van der Waals surface area contributed by atoms with Crippen molar-refractivity contribution in [1.82, 2.24) is 25.2 Å². The van der Waals surface area contributed by atoms with E-state index in [9.17, 15) is 13.2 Å². The summed E-state index contributed by atoms with van der Waals surface area (Å²) in [6.45, 7) is 3.61. The molecule has 2 saturated heterocycles. The molecule has 1 unspecified atom stereocenters. The van der Waals surface area contributed by atoms with Crippen molar-refractivity contribution in [2.45, 2.75) is 107 Å². The lowest BCUT2D eigenvalue weighted by molar-refractivity contribution is -0.230. The lowest BCUT2D eigenvalue weighted by Gasteiger charge is -2.35. The van der Waals surface area contributed by atoms with Crippen molar-refractivity contribution in [1.29, 1.82) is 0 Å². The summed E-state index contributed by atoms with van der Waals surface area (Å²) in [5.41, 5.74) is 0.704. The van der Waals surface area contributed by atoms with Gasteiger partial charge in [0.1, 0.15) is 29.5 Å². The first-order valence-electron chi connectivity index (χ1n) is 19.7. The Bertz CT molecular complexity index is 2170. The van der Waals surface area contributed by atoms with E-state index in [0.717, 1.165) is 45.1 Å². The minimum Gasteiger partial charge on any atom is -0.461 e. The zero-order valence-electron chi connectivity index (χ0n) is 30.8. The Morgan fingerprint density at radius 2 is 1.91 bits per heavy atom. The van der Waals surface area contributed by atoms with Crippen molar-refractivity contribution in [3.63, 3.8) is 0 Å². The van der Waals surface area contributed by atoms with Gasteiger partial charge in [-0.1, -0.05) is 37.1 Å². The Hall–Kier alpha value is -4.12. The van der Waals surface area contributed by atoms with E-state index < -0.39 is 35.4 Å². The van der Waals surface area contributed by atoms with E-state index in [1.54, 1.807) is 18.2 Å². The number of hydrogen-bond acceptors (Lipinski definition) is 8. The summed E-state index contributed by atoms with van der Waals surface area (Å²) in [7, 11) is 0. The van der Waals surface area contributed by atoms with Crippen molar-refractivity contribution >= 4 is 27.5 Å². The molecule has 0 spiro atoms. The highest BCUT2D eigenvalue weighted by molar-refractivity contribution is 6.02. The molecule has 2 saturated carbocycles. The summed E-state index contributed by atoms with van der Waals surface area (Å²) >= 11 is 0. The summed E-state index contributed by atoms with van der Waals surface area (Å²) in [4.78, 5) is 16.8. The molecule has 5 aliphatic rings. The fourth-order valence-corrected chi connectivity index (χ4v) is 9.50. The summed E-state index contributed by atoms with van der Waals surface area (Å²) in [6, 6.07) is 8.63. The van der Waals surface area contributed by atoms with Crippen LogP contribution >= 0.6 is 0 Å². The van der Waals surface area contributed by atoms with E-state index in [1.807, 2.05) is 6.07 Å². The van der Waals surface area contributed by atoms with Crippen LogP contribution in [0.2, 0.25) is 0 Å². The van der Waals surface area contributed by atoms with Gasteiger partial charge in [0, 0.05) is 35.6 Å². The highest BCUT2D eigenvalue weighted by Crippen LogP contribution is 2.46. The molecular weight excluding hydrogens is 715 g/mol. The van der Waals surface area contributed by atoms with Crippen molar-refractivity contribution in [3.8, 4) is 29.6 Å². The number of hydrogen-bond donors (Lipinski definition) is 2. The molecule has 290 valence electrons. The highest BCUT2D eigenvalue weighted by Gasteiger charge is 2.53. The van der Waals surface area contributed by atoms with Crippen LogP contribution in [0.1, 0.15) is 76.0 Å². The van der Waals surface area contributed by atoms with Crippen LogP contribution in [0, 0.1) is 35.8 Å². The zero-order chi connectivity index (χ0) is 38.1. The third kappa shape index (κ3) is 6.78. The summed E-state index contributed by atoms with van der Waals surface area (Å²) in [6.07, 6.45) is 7.24. The molecule has 2 N–H and O–H groups in total. The van der Waals surface area contributed by atoms with Crippen LogP contribution in [-0.2, 0) is 11.2 Å². The number of aryl methyl sites for hydroxylation is 1. The maximum Gasteiger partial charge on any atom is 0.414 e. The second kappa shape index (κ2) is 14.1. The second-order valence-electron chi connectivity index (χ2n) is 16.2. The molecule has 0 amide bonds. The maximum atomic E-state index is 17.2. The predicted octanol–water partition coefficient (Wildman–Crippen LogP) is 7.95. The number of benzene rings is 2. The quantitative estimate of drug-likeness (QED) is 0.132. The van der Waals surface area contributed by atoms with Crippen LogP contribution in [0.5, 0.6) is 6.01 Å². The molecule has 0 bridgehead atoms. The largest absolute Gasteiger partial charge is 0.461 e. The molecule has 9 rings (SSSR count). The third-order valence-corrected chi connectivity index (χ3v) is 12.7. The maximum absolute atomic E-state index is 17.2. The molecule has 5 heterocycles. The fraction of sp³-hybridized carbons (Fsp3) is 0.548. The number of nitrogens with zero attached hydrogens (tertiary/aromatic N) is 4. The number of aromatic nitrogens is 3. The Morgan fingerprint density at radius 3 is 2.69 bits per heavy atom. The van der Waals surface area contributed by atoms with Gasteiger partial charge in [-0.2, -0.15) is 23.1 Å². The Kier molecular flexibility index (Phi) is 9.37. The molecule has 0 radical (unpaired) electrons. The molecule has 2 aliphatic carbocycles. The van der Waals surface area contributed by atoms with E-state index in [4.69, 9.17) is 30.8 Å². The lowest BCUT2D eigenvalue weighted by atomic mass is 9.95. The minimum absolute atomic E-state index is 0.00389. The molecular formula is C42H45F5N6O2. The van der Waals surface area contributed by atoms with E-state index in [0.29, 0.717) is 77.4 Å². The number of anilines is 1. The Labute approximate surface area is 317 Å². The molecule has 13 heteroatoms. The number of nitrogens with one attached hydrogen (secondary N) is 2. The highest BCUT2D eigenvalue weighted by atomic mass is 19.4. The van der Waals surface area contributed by atoms with E-state index in [2.05, 4.69) is 28.4 Å². The van der Waals surface area contributed by atoms with Crippen molar-refractivity contribution in [2.24, 2.45) is 11.8 Å². The van der Waals surface area contributed by atoms with E-state index >= 15 is 8.78 Å². The van der Waals surface area contributed by atoms with Crippen molar-refractivity contribution < 1.29 is 31.4 Å². The van der Waals surface area contributed by atoms with Crippen molar-refractivity contribution in [2.75, 3.05) is 31.6 Å². The van der Waals surface area contributed by atoms with E-state index in [-0.39, 0.29) is 48.1 Å². The molecule has 55 heavy (non-hydrogen) atoms. The second-order valence-corrected chi connectivity index (χ2v) is 16.2. The Morgan fingerprint density at radius 1 is 1.05 bits per heavy atom. The SMILES string of the molecule is C#Cc1c(F)ccc2cccc(-c3nc4c5c(nc(OC[C@@]67CCCN6[C@H](COC(C6CC6)C(F)(F)F)CC7)nc5c3F)NC[C@@H](CC)N[C@H]3C[C@@H]3CC4)c12. The molecule has 6 atom stereocenters. The van der Waals surface area contributed by atoms with Gasteiger partial charge in [0.15, 0.2) is 11.9 Å². The van der Waals surface area contributed by atoms with Crippen LogP contribution < -0.4 is 15.4 Å². The van der Waals surface area contributed by atoms with Gasteiger partial charge in [-0.15, -0.1) is 6.42 Å². The first kappa shape index (κ1) is 36.5. The number of terminal acetylenes is 1. The fourth-order valence-electron chi connectivity index (χ4n) is 9.50. The predicted molar refractivity (Wildman–Crippen MR) is 200 cm³/mol. The summed E-state index contributed by atoms with van der Waals surface area (Å²) in [5, 5.41) is 8.79. The molecule has 3 aliphatic heterocycles. The average Bonchev–Trinajstić information content (AvgIpc) is 4.07. The van der Waals surface area contributed by atoms with Gasteiger partial charge in [0.25, 0.3) is 0 Å². The average molecular weight is 761 g/mol. The summed E-state index contributed by atoms with van der Waals surface area (Å²) < 4.78 is 85.6. The molecule has 4 aromatic rings. The number of halogens is 5. The van der Waals surface area contributed by atoms with Gasteiger partial charge in [0.05, 0.1) is 28.8 Å². The van der Waals surface area contributed by atoms with Crippen molar-refractivity contribution in [3.05, 3.63) is 53.2 Å². The summed E-state index contributed by atoms with van der Waals surface area (Å²) in [5.74, 6) is 1.64. The topological polar surface area (TPSA) is 84.4 Å². The molecule has 2 aromatic carbocycles. The number of rotatable bonds is 9. The first-order valence-corrected chi connectivity index (χ1v) is 19.7. The first-order chi connectivity index (χ1) is 26.6. The smallest absolute Gasteiger partial charge is 0.414 e. The van der Waals surface area contributed by atoms with Crippen LogP contribution in [0.25, 0.3) is 32.9 Å². The number of ether oxygens (including phenoxy) is 2.